The Hall–Kier alpha value is -0.620. The van der Waals surface area contributed by atoms with Crippen LogP contribution in [0, 0.1) is 0 Å². The van der Waals surface area contributed by atoms with Gasteiger partial charge in [0.2, 0.25) is 0 Å². The number of pyridine rings is 1. The molecule has 1 fully saturated rings. The lowest BCUT2D eigenvalue weighted by molar-refractivity contribution is 0.584. The molecule has 0 unspecified atom stereocenters. The van der Waals surface area contributed by atoms with Gasteiger partial charge in [0.1, 0.15) is 7.14 Å². The van der Waals surface area contributed by atoms with Crippen molar-refractivity contribution < 1.29 is 4.57 Å². The van der Waals surface area contributed by atoms with E-state index >= 15 is 0 Å². The minimum Gasteiger partial charge on any atom is -0.317 e. The number of rotatable bonds is 1. The Labute approximate surface area is 72.4 Å². The molecule has 1 aromatic heterocycles. The highest BCUT2D eigenvalue weighted by Crippen LogP contribution is 2.49. The fourth-order valence-electron chi connectivity index (χ4n) is 1.67. The van der Waals surface area contributed by atoms with Crippen molar-refractivity contribution in [3.63, 3.8) is 0 Å². The molecule has 2 rings (SSSR count). The van der Waals surface area contributed by atoms with Crippen molar-refractivity contribution >= 4 is 12.6 Å². The lowest BCUT2D eigenvalue weighted by Crippen LogP contribution is -2.09. The Kier molecular flexibility index (Phi) is 2.02. The minimum absolute atomic E-state index is 0.836. The highest BCUT2D eigenvalue weighted by molar-refractivity contribution is 7.71. The van der Waals surface area contributed by atoms with Gasteiger partial charge in [0.15, 0.2) is 0 Å². The lowest BCUT2D eigenvalue weighted by atomic mass is 10.4. The predicted molar refractivity (Wildman–Crippen MR) is 50.4 cm³/mol. The van der Waals surface area contributed by atoms with Gasteiger partial charge >= 0.3 is 0 Å². The molecule has 2 nitrogen and oxygen atoms in total. The van der Waals surface area contributed by atoms with Crippen molar-refractivity contribution in [1.29, 1.82) is 0 Å². The van der Waals surface area contributed by atoms with Crippen LogP contribution in [-0.2, 0) is 4.57 Å². The Morgan fingerprint density at radius 1 is 1.25 bits per heavy atom. The maximum absolute atomic E-state index is 12.2. The summed E-state index contributed by atoms with van der Waals surface area (Å²) in [5.74, 6) is 0. The molecule has 0 N–H and O–H groups in total. The zero-order valence-corrected chi connectivity index (χ0v) is 7.83. The smallest absolute Gasteiger partial charge is 0.133 e. The highest BCUT2D eigenvalue weighted by Gasteiger charge is 2.29. The molecule has 1 saturated heterocycles. The first kappa shape index (κ1) is 8.00. The monoisotopic (exact) mass is 181 g/mol. The average Bonchev–Trinajstić information content (AvgIpc) is 2.55. The van der Waals surface area contributed by atoms with Gasteiger partial charge in [-0.25, -0.2) is 0 Å². The van der Waals surface area contributed by atoms with Crippen LogP contribution in [0.2, 0.25) is 0 Å². The average molecular weight is 181 g/mol. The highest BCUT2D eigenvalue weighted by atomic mass is 31.2. The first-order valence-electron chi connectivity index (χ1n) is 4.31. The fourth-order valence-corrected chi connectivity index (χ4v) is 4.46. The first-order chi connectivity index (χ1) is 5.81. The summed E-state index contributed by atoms with van der Waals surface area (Å²) in [4.78, 5) is 4.17. The molecule has 64 valence electrons. The van der Waals surface area contributed by atoms with E-state index in [0.29, 0.717) is 0 Å². The quantitative estimate of drug-likeness (QED) is 0.619. The molecule has 0 amide bonds. The summed E-state index contributed by atoms with van der Waals surface area (Å²) in [5, 5.41) is 0. The second-order valence-corrected chi connectivity index (χ2v) is 6.36. The molecule has 0 bridgehead atoms. The van der Waals surface area contributed by atoms with Gasteiger partial charge in [-0.05, 0) is 25.0 Å². The summed E-state index contributed by atoms with van der Waals surface area (Å²) in [5.41, 5.74) is 0.836. The van der Waals surface area contributed by atoms with Crippen LogP contribution in [-0.4, -0.2) is 17.3 Å². The standard InChI is InChI=1S/C9H12NOP/c11-12(7-3-4-8-12)9-5-1-2-6-10-9/h1-2,5-6H,3-4,7-8H2. The summed E-state index contributed by atoms with van der Waals surface area (Å²) in [7, 11) is -2.03. The zero-order chi connectivity index (χ0) is 8.44. The third-order valence-corrected chi connectivity index (χ3v) is 5.53. The minimum atomic E-state index is -2.03. The van der Waals surface area contributed by atoms with E-state index < -0.39 is 7.14 Å². The normalized spacial score (nSPS) is 21.0. The lowest BCUT2D eigenvalue weighted by Gasteiger charge is -2.08. The van der Waals surface area contributed by atoms with Gasteiger partial charge in [-0.1, -0.05) is 6.07 Å². The van der Waals surface area contributed by atoms with Crippen molar-refractivity contribution in [2.45, 2.75) is 12.8 Å². The van der Waals surface area contributed by atoms with Crippen molar-refractivity contribution in [3.8, 4) is 0 Å². The van der Waals surface area contributed by atoms with Gasteiger partial charge in [0, 0.05) is 18.5 Å². The zero-order valence-electron chi connectivity index (χ0n) is 6.94. The predicted octanol–water partition coefficient (Wildman–Crippen LogP) is 1.86. The van der Waals surface area contributed by atoms with Crippen molar-refractivity contribution in [2.24, 2.45) is 0 Å². The van der Waals surface area contributed by atoms with Gasteiger partial charge < -0.3 is 4.57 Å². The van der Waals surface area contributed by atoms with E-state index in [2.05, 4.69) is 4.98 Å². The first-order valence-corrected chi connectivity index (χ1v) is 6.39. The van der Waals surface area contributed by atoms with Crippen LogP contribution >= 0.6 is 7.14 Å². The molecule has 12 heavy (non-hydrogen) atoms. The van der Waals surface area contributed by atoms with E-state index in [0.717, 1.165) is 30.6 Å². The molecule has 0 spiro atoms. The Morgan fingerprint density at radius 3 is 2.58 bits per heavy atom. The maximum atomic E-state index is 12.2. The van der Waals surface area contributed by atoms with E-state index in [4.69, 9.17) is 0 Å². The van der Waals surface area contributed by atoms with Crippen LogP contribution in [0.1, 0.15) is 12.8 Å². The Bertz CT molecular complexity index is 300. The van der Waals surface area contributed by atoms with E-state index in [1.54, 1.807) is 6.20 Å². The van der Waals surface area contributed by atoms with Crippen molar-refractivity contribution in [3.05, 3.63) is 24.4 Å². The topological polar surface area (TPSA) is 30.0 Å². The van der Waals surface area contributed by atoms with E-state index in [-0.39, 0.29) is 0 Å². The molecule has 1 aliphatic rings. The van der Waals surface area contributed by atoms with Gasteiger partial charge in [0.25, 0.3) is 0 Å². The van der Waals surface area contributed by atoms with Gasteiger partial charge in [-0.3, -0.25) is 4.98 Å². The summed E-state index contributed by atoms with van der Waals surface area (Å²) in [6.07, 6.45) is 5.67. The number of aromatic nitrogens is 1. The molecule has 1 aromatic rings. The van der Waals surface area contributed by atoms with Crippen LogP contribution in [0.5, 0.6) is 0 Å². The Balaban J connectivity index is 2.36. The summed E-state index contributed by atoms with van der Waals surface area (Å²) in [6, 6.07) is 5.68. The number of nitrogens with zero attached hydrogens (tertiary/aromatic N) is 1. The van der Waals surface area contributed by atoms with Crippen LogP contribution in [0.3, 0.4) is 0 Å². The molecular formula is C9H12NOP. The second-order valence-electron chi connectivity index (χ2n) is 3.23. The third-order valence-electron chi connectivity index (χ3n) is 2.36. The van der Waals surface area contributed by atoms with Crippen LogP contribution in [0.25, 0.3) is 0 Å². The largest absolute Gasteiger partial charge is 0.317 e. The molecule has 0 atom stereocenters. The molecule has 1 aliphatic heterocycles. The Morgan fingerprint density at radius 2 is 2.00 bits per heavy atom. The molecule has 0 radical (unpaired) electrons. The summed E-state index contributed by atoms with van der Waals surface area (Å²) in [6.45, 7) is 0. The number of hydrogen-bond acceptors (Lipinski definition) is 2. The maximum Gasteiger partial charge on any atom is 0.133 e. The summed E-state index contributed by atoms with van der Waals surface area (Å²) < 4.78 is 12.2. The molecule has 0 saturated carbocycles. The van der Waals surface area contributed by atoms with Crippen molar-refractivity contribution in [1.82, 2.24) is 4.98 Å². The molecular weight excluding hydrogens is 169 g/mol. The second kappa shape index (κ2) is 3.02. The van der Waals surface area contributed by atoms with Crippen LogP contribution in [0.4, 0.5) is 0 Å². The van der Waals surface area contributed by atoms with Crippen LogP contribution in [0.15, 0.2) is 24.4 Å². The molecule has 0 aliphatic carbocycles. The van der Waals surface area contributed by atoms with E-state index in [1.807, 2.05) is 18.2 Å². The summed E-state index contributed by atoms with van der Waals surface area (Å²) >= 11 is 0. The molecule has 0 aromatic carbocycles. The van der Waals surface area contributed by atoms with Gasteiger partial charge in [-0.15, -0.1) is 0 Å². The molecule has 2 heterocycles. The van der Waals surface area contributed by atoms with E-state index in [9.17, 15) is 4.57 Å². The van der Waals surface area contributed by atoms with Gasteiger partial charge in [-0.2, -0.15) is 0 Å². The number of hydrogen-bond donors (Lipinski definition) is 0. The third kappa shape index (κ3) is 1.32. The van der Waals surface area contributed by atoms with Crippen LogP contribution < -0.4 is 5.44 Å². The molecule has 3 heteroatoms. The fraction of sp³-hybridized carbons (Fsp3) is 0.444. The van der Waals surface area contributed by atoms with Crippen molar-refractivity contribution in [2.75, 3.05) is 12.3 Å². The van der Waals surface area contributed by atoms with E-state index in [1.165, 1.54) is 0 Å². The SMILES string of the molecule is O=P1(c2ccccn2)CCCC1. The van der Waals surface area contributed by atoms with Gasteiger partial charge in [0.05, 0.1) is 5.44 Å².